The standard InChI is InChI=1S/C44H54N8O10/c1-57-43(55)50-38(26-12-18-59-19-13-26)41(53)45-16-4-3-7-37-46-24-30(48-37)28-8-10-33-35(22-28)61-34-11-9-29(23-36(34)62-33)31-25-47-40(49-31)32-6-5-17-52(32)42(54)39(51-44(56)58-2)27-14-20-60-21-15-27/h8-11,22-27,32,38-39H,3-7,12-21H2,1-2H3,(H,45,53)(H,46,48)(H,47,49)(H,50,55)(H,51,56)/t32-,38-,39-/m0/s1. The molecule has 0 saturated carbocycles. The Morgan fingerprint density at radius 3 is 1.95 bits per heavy atom. The van der Waals surface area contributed by atoms with Gasteiger partial charge in [-0.25, -0.2) is 19.6 Å². The Morgan fingerprint density at radius 1 is 0.742 bits per heavy atom. The second kappa shape index (κ2) is 19.7. The lowest BCUT2D eigenvalue weighted by molar-refractivity contribution is -0.136. The number of amides is 4. The van der Waals surface area contributed by atoms with Crippen LogP contribution < -0.4 is 25.4 Å². The van der Waals surface area contributed by atoms with Gasteiger partial charge in [0.2, 0.25) is 11.8 Å². The fraction of sp³-hybridized carbons (Fsp3) is 0.500. The number of ether oxygens (including phenoxy) is 6. The van der Waals surface area contributed by atoms with E-state index in [-0.39, 0.29) is 29.7 Å². The molecule has 18 nitrogen and oxygen atoms in total. The molecule has 5 N–H and O–H groups in total. The van der Waals surface area contributed by atoms with Crippen molar-refractivity contribution in [1.29, 1.82) is 0 Å². The molecule has 0 spiro atoms. The van der Waals surface area contributed by atoms with Crippen LogP contribution in [0.5, 0.6) is 23.0 Å². The number of aromatic amines is 2. The van der Waals surface area contributed by atoms with E-state index in [2.05, 4.69) is 30.9 Å². The summed E-state index contributed by atoms with van der Waals surface area (Å²) in [6, 6.07) is 9.80. The largest absolute Gasteiger partial charge is 0.453 e. The average Bonchev–Trinajstić information content (AvgIpc) is 4.11. The van der Waals surface area contributed by atoms with Gasteiger partial charge < -0.3 is 59.2 Å². The van der Waals surface area contributed by atoms with Crippen molar-refractivity contribution in [2.45, 2.75) is 75.9 Å². The summed E-state index contributed by atoms with van der Waals surface area (Å²) in [6.45, 7) is 3.25. The van der Waals surface area contributed by atoms with Gasteiger partial charge in [-0.3, -0.25) is 9.59 Å². The summed E-state index contributed by atoms with van der Waals surface area (Å²) in [6.07, 6.45) is 8.85. The number of hydrogen-bond donors (Lipinski definition) is 5. The maximum Gasteiger partial charge on any atom is 0.407 e. The Morgan fingerprint density at radius 2 is 1.32 bits per heavy atom. The molecule has 0 aliphatic carbocycles. The van der Waals surface area contributed by atoms with E-state index in [4.69, 9.17) is 33.4 Å². The number of H-pyrrole nitrogens is 2. The van der Waals surface area contributed by atoms with Gasteiger partial charge in [-0.2, -0.15) is 0 Å². The third kappa shape index (κ3) is 9.81. The number of aromatic nitrogens is 4. The van der Waals surface area contributed by atoms with Crippen molar-refractivity contribution in [2.24, 2.45) is 11.8 Å². The number of nitrogens with zero attached hydrogens (tertiary/aromatic N) is 3. The number of carbonyl (C=O) groups excluding carboxylic acids is 4. The van der Waals surface area contributed by atoms with Crippen LogP contribution >= 0.6 is 0 Å². The van der Waals surface area contributed by atoms with Gasteiger partial charge in [0.15, 0.2) is 23.0 Å². The maximum atomic E-state index is 14.0. The Kier molecular flexibility index (Phi) is 13.5. The quantitative estimate of drug-likeness (QED) is 0.0841. The summed E-state index contributed by atoms with van der Waals surface area (Å²) < 4.78 is 33.2. The van der Waals surface area contributed by atoms with E-state index >= 15 is 0 Å². The van der Waals surface area contributed by atoms with Crippen LogP contribution in [-0.2, 0) is 35.0 Å². The molecule has 0 radical (unpaired) electrons. The van der Waals surface area contributed by atoms with E-state index in [0.29, 0.717) is 100 Å². The van der Waals surface area contributed by atoms with Crippen LogP contribution in [0.4, 0.5) is 9.59 Å². The molecule has 62 heavy (non-hydrogen) atoms. The predicted molar refractivity (Wildman–Crippen MR) is 224 cm³/mol. The first-order chi connectivity index (χ1) is 30.3. The second-order valence-electron chi connectivity index (χ2n) is 16.0. The molecule has 3 fully saturated rings. The zero-order valence-corrected chi connectivity index (χ0v) is 35.0. The van der Waals surface area contributed by atoms with Crippen LogP contribution in [0.25, 0.3) is 22.5 Å². The Labute approximate surface area is 359 Å². The minimum atomic E-state index is -0.707. The highest BCUT2D eigenvalue weighted by atomic mass is 16.6. The maximum absolute atomic E-state index is 14.0. The average molecular weight is 855 g/mol. The van der Waals surface area contributed by atoms with Gasteiger partial charge in [-0.05, 0) is 99.6 Å². The molecule has 0 bridgehead atoms. The summed E-state index contributed by atoms with van der Waals surface area (Å²) in [7, 11) is 2.58. The highest BCUT2D eigenvalue weighted by Crippen LogP contribution is 2.47. The van der Waals surface area contributed by atoms with Crippen molar-refractivity contribution < 1.29 is 47.6 Å². The first-order valence-corrected chi connectivity index (χ1v) is 21.4. The van der Waals surface area contributed by atoms with Gasteiger partial charge in [0, 0.05) is 57.1 Å². The van der Waals surface area contributed by atoms with Crippen LogP contribution in [0.2, 0.25) is 0 Å². The third-order valence-electron chi connectivity index (χ3n) is 12.1. The Bertz CT molecular complexity index is 2210. The molecule has 4 aromatic rings. The van der Waals surface area contributed by atoms with Crippen molar-refractivity contribution in [3.63, 3.8) is 0 Å². The number of nitrogens with one attached hydrogen (secondary N) is 5. The number of carbonyl (C=O) groups is 4. The minimum absolute atomic E-state index is 0.00691. The number of unbranched alkanes of at least 4 members (excludes halogenated alkanes) is 1. The first kappa shape index (κ1) is 42.5. The zero-order valence-electron chi connectivity index (χ0n) is 35.0. The van der Waals surface area contributed by atoms with E-state index in [9.17, 15) is 19.2 Å². The van der Waals surface area contributed by atoms with Crippen LogP contribution in [0, 0.1) is 11.8 Å². The lowest BCUT2D eigenvalue weighted by Gasteiger charge is -2.34. The number of fused-ring (bicyclic) bond motifs is 2. The van der Waals surface area contributed by atoms with Crippen molar-refractivity contribution >= 4 is 24.0 Å². The number of aryl methyl sites for hydroxylation is 1. The molecule has 6 heterocycles. The highest BCUT2D eigenvalue weighted by Gasteiger charge is 2.40. The number of imidazole rings is 2. The van der Waals surface area contributed by atoms with E-state index < -0.39 is 24.3 Å². The van der Waals surface area contributed by atoms with E-state index in [0.717, 1.165) is 54.0 Å². The molecular formula is C44H54N8O10. The molecule has 4 aliphatic rings. The van der Waals surface area contributed by atoms with Crippen molar-refractivity contribution in [3.8, 4) is 45.5 Å². The van der Waals surface area contributed by atoms with Gasteiger partial charge >= 0.3 is 12.2 Å². The van der Waals surface area contributed by atoms with Crippen molar-refractivity contribution in [2.75, 3.05) is 53.7 Å². The molecule has 4 aliphatic heterocycles. The SMILES string of the molecule is COC(=O)N[C@H](C(=O)NCCCCc1ncc(-c2ccc3c(c2)Oc2ccc(-c4cnc([C@@H]5CCCN5C(=O)[C@@H](NC(=O)OC)C5CCOCC5)[nH]4)cc2O3)[nH]1)C1CCOCC1. The second-order valence-corrected chi connectivity index (χ2v) is 16.0. The van der Waals surface area contributed by atoms with Crippen LogP contribution in [-0.4, -0.2) is 115 Å². The van der Waals surface area contributed by atoms with Crippen molar-refractivity contribution in [1.82, 2.24) is 40.8 Å². The number of hydrogen-bond acceptors (Lipinski definition) is 12. The predicted octanol–water partition coefficient (Wildman–Crippen LogP) is 5.77. The summed E-state index contributed by atoms with van der Waals surface area (Å²) in [5, 5.41) is 8.46. The lowest BCUT2D eigenvalue weighted by atomic mass is 9.90. The van der Waals surface area contributed by atoms with Gasteiger partial charge in [0.1, 0.15) is 23.7 Å². The van der Waals surface area contributed by atoms with E-state index in [1.165, 1.54) is 14.2 Å². The molecule has 2 aromatic heterocycles. The molecule has 2 aromatic carbocycles. The van der Waals surface area contributed by atoms with E-state index in [1.807, 2.05) is 41.3 Å². The number of likely N-dealkylation sites (tertiary alicyclic amines) is 1. The summed E-state index contributed by atoms with van der Waals surface area (Å²) >= 11 is 0. The fourth-order valence-electron chi connectivity index (χ4n) is 8.69. The normalized spacial score (nSPS) is 18.6. The lowest BCUT2D eigenvalue weighted by Crippen LogP contribution is -2.53. The number of benzene rings is 2. The van der Waals surface area contributed by atoms with Gasteiger partial charge in [0.25, 0.3) is 0 Å². The Hall–Kier alpha value is -6.14. The molecule has 3 atom stereocenters. The molecular weight excluding hydrogens is 801 g/mol. The smallest absolute Gasteiger partial charge is 0.407 e. The summed E-state index contributed by atoms with van der Waals surface area (Å²) in [4.78, 5) is 69.1. The monoisotopic (exact) mass is 854 g/mol. The molecule has 18 heteroatoms. The number of rotatable bonds is 14. The van der Waals surface area contributed by atoms with Crippen molar-refractivity contribution in [3.05, 3.63) is 60.4 Å². The van der Waals surface area contributed by atoms with Crippen LogP contribution in [0.3, 0.4) is 0 Å². The van der Waals surface area contributed by atoms with Gasteiger partial charge in [0.05, 0.1) is 44.0 Å². The van der Waals surface area contributed by atoms with E-state index in [1.54, 1.807) is 12.4 Å². The summed E-state index contributed by atoms with van der Waals surface area (Å²) in [5.74, 6) is 3.38. The fourth-order valence-corrected chi connectivity index (χ4v) is 8.69. The highest BCUT2D eigenvalue weighted by molar-refractivity contribution is 5.87. The van der Waals surface area contributed by atoms with Gasteiger partial charge in [-0.15, -0.1) is 0 Å². The molecule has 0 unspecified atom stereocenters. The third-order valence-corrected chi connectivity index (χ3v) is 12.1. The Balaban J connectivity index is 0.850. The number of alkyl carbamates (subject to hydrolysis) is 2. The molecule has 8 rings (SSSR count). The van der Waals surface area contributed by atoms with Gasteiger partial charge in [-0.1, -0.05) is 0 Å². The molecule has 4 amide bonds. The number of methoxy groups -OCH3 is 2. The first-order valence-electron chi connectivity index (χ1n) is 21.4. The topological polar surface area (TPSA) is 220 Å². The minimum Gasteiger partial charge on any atom is -0.453 e. The van der Waals surface area contributed by atoms with Crippen LogP contribution in [0.1, 0.15) is 69.1 Å². The van der Waals surface area contributed by atoms with Crippen LogP contribution in [0.15, 0.2) is 48.8 Å². The molecule has 330 valence electrons. The molecule has 3 saturated heterocycles. The zero-order chi connectivity index (χ0) is 43.0. The summed E-state index contributed by atoms with van der Waals surface area (Å²) in [5.41, 5.74) is 3.34.